The monoisotopic (exact) mass is 731 g/mol. The molecular weight excluding hydrogens is 675 g/mol. The van der Waals surface area contributed by atoms with Crippen LogP contribution in [0.4, 0.5) is 13.2 Å². The van der Waals surface area contributed by atoms with Crippen LogP contribution in [0.15, 0.2) is 5.10 Å². The fourth-order valence-electron chi connectivity index (χ4n) is 8.95. The largest absolute Gasteiger partial charge is 0.481 e. The minimum atomic E-state index is -4.37. The second-order valence-corrected chi connectivity index (χ2v) is 16.1. The van der Waals surface area contributed by atoms with Crippen molar-refractivity contribution in [3.05, 3.63) is 0 Å². The van der Waals surface area contributed by atoms with Crippen molar-refractivity contribution >= 4 is 35.6 Å². The van der Waals surface area contributed by atoms with Crippen molar-refractivity contribution in [2.45, 2.75) is 139 Å². The highest BCUT2D eigenvalue weighted by atomic mass is 35.5. The quantitative estimate of drug-likeness (QED) is 0.0777. The molecule has 5 N–H and O–H groups in total. The maximum atomic E-state index is 13.7. The van der Waals surface area contributed by atoms with Crippen molar-refractivity contribution in [3.63, 3.8) is 0 Å². The molecule has 11 nitrogen and oxygen atoms in total. The summed E-state index contributed by atoms with van der Waals surface area (Å²) in [6.07, 6.45) is 9.58. The minimum Gasteiger partial charge on any atom is -0.481 e. The smallest absolute Gasteiger partial charge is 0.393 e. The molecule has 9 atom stereocenters. The maximum Gasteiger partial charge on any atom is 0.393 e. The third-order valence-electron chi connectivity index (χ3n) is 11.8. The molecule has 0 aromatic heterocycles. The molecule has 50 heavy (non-hydrogen) atoms. The van der Waals surface area contributed by atoms with Crippen LogP contribution in [0.2, 0.25) is 0 Å². The molecule has 2 aliphatic heterocycles. The number of alkyl halides is 4. The Morgan fingerprint density at radius 3 is 2.50 bits per heavy atom. The van der Waals surface area contributed by atoms with Gasteiger partial charge in [0.15, 0.2) is 0 Å². The molecule has 5 fully saturated rings. The van der Waals surface area contributed by atoms with Crippen LogP contribution in [0.5, 0.6) is 0 Å². The molecule has 3 aliphatic carbocycles. The number of likely N-dealkylation sites (tertiary alicyclic amines) is 1. The third-order valence-corrected chi connectivity index (χ3v) is 12.3. The van der Waals surface area contributed by atoms with Crippen molar-refractivity contribution in [1.29, 1.82) is 0 Å². The SMILES string of the molecule is O=C(O)CCCCC1CN(CC2CCCC(C(=O)NC3CCC(N4CCCCC4)CC3C(=O)N/N=C/C3CCC(Cl)C(C(F)(F)F)C3)C2)NN1. The van der Waals surface area contributed by atoms with Crippen molar-refractivity contribution in [3.8, 4) is 0 Å². The molecule has 2 amide bonds. The van der Waals surface area contributed by atoms with Gasteiger partial charge in [-0.25, -0.2) is 15.9 Å². The molecule has 5 aliphatic rings. The topological polar surface area (TPSA) is 138 Å². The molecule has 9 unspecified atom stereocenters. The van der Waals surface area contributed by atoms with Gasteiger partial charge in [-0.3, -0.25) is 14.4 Å². The number of carbonyl (C=O) groups is 3. The molecule has 284 valence electrons. The van der Waals surface area contributed by atoms with E-state index in [1.807, 2.05) is 0 Å². The number of hydrogen-bond acceptors (Lipinski definition) is 8. The summed E-state index contributed by atoms with van der Waals surface area (Å²) in [5, 5.41) is 17.5. The predicted octanol–water partition coefficient (Wildman–Crippen LogP) is 4.96. The normalized spacial score (nSPS) is 34.8. The van der Waals surface area contributed by atoms with Crippen LogP contribution in [0.1, 0.15) is 109 Å². The molecule has 15 heteroatoms. The van der Waals surface area contributed by atoms with E-state index in [4.69, 9.17) is 16.7 Å². The second-order valence-electron chi connectivity index (χ2n) is 15.5. The zero-order chi connectivity index (χ0) is 35.7. The summed E-state index contributed by atoms with van der Waals surface area (Å²) in [6, 6.07) is 0.180. The summed E-state index contributed by atoms with van der Waals surface area (Å²) < 4.78 is 40.4. The maximum absolute atomic E-state index is 13.7. The minimum absolute atomic E-state index is 0.00253. The van der Waals surface area contributed by atoms with Gasteiger partial charge in [0, 0.05) is 55.1 Å². The third kappa shape index (κ3) is 11.5. The Labute approximate surface area is 299 Å². The Morgan fingerprint density at radius 1 is 0.940 bits per heavy atom. The van der Waals surface area contributed by atoms with E-state index in [1.165, 1.54) is 12.6 Å². The molecule has 3 saturated carbocycles. The fourth-order valence-corrected chi connectivity index (χ4v) is 9.32. The Hall–Kier alpha value is -2.00. The van der Waals surface area contributed by atoms with E-state index in [9.17, 15) is 27.6 Å². The van der Waals surface area contributed by atoms with E-state index in [-0.39, 0.29) is 55.1 Å². The van der Waals surface area contributed by atoms with Gasteiger partial charge in [0.05, 0.1) is 11.8 Å². The zero-order valence-electron chi connectivity index (χ0n) is 29.1. The Bertz CT molecular complexity index is 1160. The number of carboxylic acid groups (broad SMARTS) is 1. The Morgan fingerprint density at radius 2 is 1.74 bits per heavy atom. The molecule has 5 rings (SSSR count). The van der Waals surface area contributed by atoms with Crippen molar-refractivity contribution in [2.75, 3.05) is 26.2 Å². The first-order valence-electron chi connectivity index (χ1n) is 19.0. The zero-order valence-corrected chi connectivity index (χ0v) is 29.9. The van der Waals surface area contributed by atoms with Crippen molar-refractivity contribution in [2.24, 2.45) is 34.7 Å². The standard InChI is InChI=1S/C35H57ClF3N7O4/c36-30-13-11-23(18-29(30)35(37,38)39)20-40-43-34(50)28-19-27(45-15-4-1-5-16-45)12-14-31(28)41-33(49)25-8-6-7-24(17-25)21-46-22-26(42-44-46)9-2-3-10-32(47)48/h20,23-31,42,44H,1-19,21-22H2,(H,41,49)(H,43,50)(H,47,48)/b40-20+. The van der Waals surface area contributed by atoms with Crippen LogP contribution in [0, 0.1) is 29.6 Å². The number of carbonyl (C=O) groups excluding carboxylic acids is 2. The number of nitrogens with one attached hydrogen (secondary N) is 4. The number of aliphatic carboxylic acids is 1. The number of halogens is 4. The number of amides is 2. The predicted molar refractivity (Wildman–Crippen MR) is 185 cm³/mol. The summed E-state index contributed by atoms with van der Waals surface area (Å²) in [5.74, 6) is -3.32. The highest BCUT2D eigenvalue weighted by Crippen LogP contribution is 2.42. The van der Waals surface area contributed by atoms with Crippen LogP contribution in [0.25, 0.3) is 0 Å². The second kappa shape index (κ2) is 18.7. The molecule has 2 saturated heterocycles. The number of unbranched alkanes of at least 4 members (excludes halogenated alkanes) is 1. The van der Waals surface area contributed by atoms with Gasteiger partial charge in [-0.1, -0.05) is 19.3 Å². The van der Waals surface area contributed by atoms with Crippen LogP contribution >= 0.6 is 11.6 Å². The van der Waals surface area contributed by atoms with Crippen molar-refractivity contribution < 1.29 is 32.7 Å². The number of hydrogen-bond donors (Lipinski definition) is 5. The van der Waals surface area contributed by atoms with E-state index in [2.05, 4.69) is 36.7 Å². The number of hydrazine groups is 2. The van der Waals surface area contributed by atoms with Crippen LogP contribution in [-0.2, 0) is 14.4 Å². The average Bonchev–Trinajstić information content (AvgIpc) is 3.54. The summed E-state index contributed by atoms with van der Waals surface area (Å²) >= 11 is 5.99. The Balaban J connectivity index is 1.13. The lowest BCUT2D eigenvalue weighted by Gasteiger charge is -2.42. The number of carboxylic acids is 1. The van der Waals surface area contributed by atoms with Crippen LogP contribution < -0.4 is 21.7 Å². The fraction of sp³-hybridized carbons (Fsp3) is 0.886. The van der Waals surface area contributed by atoms with E-state index in [0.29, 0.717) is 31.6 Å². The highest BCUT2D eigenvalue weighted by molar-refractivity contribution is 6.20. The summed E-state index contributed by atoms with van der Waals surface area (Å²) in [6.45, 7) is 3.67. The first kappa shape index (κ1) is 39.2. The van der Waals surface area contributed by atoms with E-state index >= 15 is 0 Å². The summed E-state index contributed by atoms with van der Waals surface area (Å²) in [5.41, 5.74) is 9.21. The average molecular weight is 732 g/mol. The molecule has 0 bridgehead atoms. The van der Waals surface area contributed by atoms with Crippen LogP contribution in [0.3, 0.4) is 0 Å². The van der Waals surface area contributed by atoms with Gasteiger partial charge in [-0.05, 0) is 108 Å². The molecule has 0 aromatic carbocycles. The molecule has 0 spiro atoms. The molecular formula is C35H57ClF3N7O4. The lowest BCUT2D eigenvalue weighted by molar-refractivity contribution is -0.182. The first-order chi connectivity index (χ1) is 24.0. The van der Waals surface area contributed by atoms with E-state index in [1.54, 1.807) is 0 Å². The molecule has 2 heterocycles. The van der Waals surface area contributed by atoms with Gasteiger partial charge in [-0.2, -0.15) is 23.8 Å². The van der Waals surface area contributed by atoms with Gasteiger partial charge in [0.25, 0.3) is 0 Å². The van der Waals surface area contributed by atoms with Gasteiger partial charge in [0.1, 0.15) is 0 Å². The molecule has 0 radical (unpaired) electrons. The van der Waals surface area contributed by atoms with Gasteiger partial charge in [-0.15, -0.1) is 11.6 Å². The number of nitrogens with zero attached hydrogens (tertiary/aromatic N) is 3. The lowest BCUT2D eigenvalue weighted by Crippen LogP contribution is -2.54. The number of hydrazone groups is 1. The highest BCUT2D eigenvalue weighted by Gasteiger charge is 2.47. The molecule has 0 aromatic rings. The summed E-state index contributed by atoms with van der Waals surface area (Å²) in [4.78, 5) is 40.6. The van der Waals surface area contributed by atoms with Gasteiger partial charge < -0.3 is 15.3 Å². The number of piperidine rings is 1. The Kier molecular flexibility index (Phi) is 14.6. The summed E-state index contributed by atoms with van der Waals surface area (Å²) in [7, 11) is 0. The van der Waals surface area contributed by atoms with Crippen LogP contribution in [-0.4, -0.2) is 94.9 Å². The van der Waals surface area contributed by atoms with E-state index in [0.717, 1.165) is 84.0 Å². The lowest BCUT2D eigenvalue weighted by atomic mass is 9.78. The van der Waals surface area contributed by atoms with Crippen molar-refractivity contribution in [1.82, 2.24) is 31.6 Å². The first-order valence-corrected chi connectivity index (χ1v) is 19.5. The van der Waals surface area contributed by atoms with Gasteiger partial charge >= 0.3 is 12.1 Å². The van der Waals surface area contributed by atoms with E-state index < -0.39 is 35.3 Å². The van der Waals surface area contributed by atoms with Gasteiger partial charge in [0.2, 0.25) is 11.8 Å². The number of rotatable bonds is 13.